The van der Waals surface area contributed by atoms with E-state index >= 15 is 0 Å². The number of benzene rings is 4. The topological polar surface area (TPSA) is 91.3 Å². The third-order valence-electron chi connectivity index (χ3n) is 6.68. The highest BCUT2D eigenvalue weighted by atomic mass is 127. The zero-order valence-corrected chi connectivity index (χ0v) is 23.5. The number of hydrogen-bond donors (Lipinski definition) is 1. The molecule has 1 atom stereocenters. The Kier molecular flexibility index (Phi) is 6.57. The Balaban J connectivity index is 1.45. The Morgan fingerprint density at radius 1 is 0.897 bits per heavy atom. The van der Waals surface area contributed by atoms with Gasteiger partial charge in [-0.25, -0.2) is 4.79 Å². The minimum Gasteiger partial charge on any atom is -0.481 e. The maximum Gasteiger partial charge on any atom is 0.340 e. The van der Waals surface area contributed by atoms with E-state index in [0.29, 0.717) is 62.4 Å². The predicted molar refractivity (Wildman–Crippen MR) is 152 cm³/mol. The maximum atomic E-state index is 13.1. The molecule has 7 nitrogen and oxygen atoms in total. The standard InChI is InChI=1S/C29H17Cl2IO7/c30-21-11-19-23(13-25(21)36-16-8-5-15(6-9-16)7-10-27(33)34)37-24-14-26(39-32)22(31)12-20(24)29(19)18-4-2-1-3-17(18)28(35)38-29/h1-6,8-9,11-14H,7,10H2,(H,33,34). The van der Waals surface area contributed by atoms with Gasteiger partial charge in [0.25, 0.3) is 0 Å². The monoisotopic (exact) mass is 674 g/mol. The summed E-state index contributed by atoms with van der Waals surface area (Å²) in [5.74, 6) is 0.668. The lowest BCUT2D eigenvalue weighted by Gasteiger charge is -2.37. The molecular formula is C29H17Cl2IO7. The lowest BCUT2D eigenvalue weighted by Crippen LogP contribution is -2.33. The van der Waals surface area contributed by atoms with E-state index in [9.17, 15) is 9.59 Å². The highest BCUT2D eigenvalue weighted by Crippen LogP contribution is 2.58. The quantitative estimate of drug-likeness (QED) is 0.163. The van der Waals surface area contributed by atoms with Crippen LogP contribution in [0.3, 0.4) is 0 Å². The number of carboxylic acids is 1. The molecular weight excluding hydrogens is 658 g/mol. The molecule has 0 bridgehead atoms. The van der Waals surface area contributed by atoms with Crippen LogP contribution in [0, 0.1) is 0 Å². The van der Waals surface area contributed by atoms with Gasteiger partial charge in [-0.1, -0.05) is 53.5 Å². The Labute approximate surface area is 246 Å². The fraction of sp³-hybridized carbons (Fsp3) is 0.103. The zero-order chi connectivity index (χ0) is 27.3. The molecule has 39 heavy (non-hydrogen) atoms. The number of aliphatic carboxylic acids is 1. The normalized spacial score (nSPS) is 16.5. The van der Waals surface area contributed by atoms with Crippen LogP contribution in [0.4, 0.5) is 0 Å². The maximum absolute atomic E-state index is 13.1. The molecule has 2 aliphatic heterocycles. The van der Waals surface area contributed by atoms with Gasteiger partial charge in [0.05, 0.1) is 15.6 Å². The van der Waals surface area contributed by atoms with E-state index in [1.165, 1.54) is 0 Å². The van der Waals surface area contributed by atoms with E-state index in [1.54, 1.807) is 83.7 Å². The zero-order valence-electron chi connectivity index (χ0n) is 19.9. The molecule has 1 N–H and O–H groups in total. The summed E-state index contributed by atoms with van der Waals surface area (Å²) in [6.07, 6.45) is 0.457. The van der Waals surface area contributed by atoms with Crippen molar-refractivity contribution in [2.24, 2.45) is 0 Å². The largest absolute Gasteiger partial charge is 0.481 e. The summed E-state index contributed by atoms with van der Waals surface area (Å²) in [5.41, 5.74) is 1.66. The number of carbonyl (C=O) groups is 2. The minimum absolute atomic E-state index is 0.0423. The second kappa shape index (κ2) is 9.93. The summed E-state index contributed by atoms with van der Waals surface area (Å²) < 4.78 is 23.9. The molecule has 2 aliphatic rings. The second-order valence-corrected chi connectivity index (χ2v) is 10.2. The van der Waals surface area contributed by atoms with Crippen molar-refractivity contribution in [2.75, 3.05) is 0 Å². The molecule has 4 aromatic carbocycles. The minimum atomic E-state index is -1.35. The van der Waals surface area contributed by atoms with E-state index in [1.807, 2.05) is 12.1 Å². The van der Waals surface area contributed by atoms with Crippen LogP contribution in [-0.2, 0) is 21.6 Å². The van der Waals surface area contributed by atoms with Crippen LogP contribution >= 0.6 is 46.2 Å². The lowest BCUT2D eigenvalue weighted by atomic mass is 9.77. The molecule has 0 fully saturated rings. The van der Waals surface area contributed by atoms with Crippen molar-refractivity contribution in [2.45, 2.75) is 18.4 Å². The van der Waals surface area contributed by atoms with Crippen LogP contribution in [0.15, 0.2) is 72.8 Å². The fourth-order valence-corrected chi connectivity index (χ4v) is 5.81. The number of rotatable bonds is 6. The van der Waals surface area contributed by atoms with Crippen LogP contribution in [0.5, 0.6) is 28.7 Å². The summed E-state index contributed by atoms with van der Waals surface area (Å²) in [7, 11) is 0. The van der Waals surface area contributed by atoms with Gasteiger partial charge >= 0.3 is 11.9 Å². The number of ether oxygens (including phenoxy) is 3. The van der Waals surface area contributed by atoms with Gasteiger partial charge in [-0.15, -0.1) is 0 Å². The Bertz CT molecular complexity index is 1650. The lowest BCUT2D eigenvalue weighted by molar-refractivity contribution is -0.136. The van der Waals surface area contributed by atoms with Crippen molar-refractivity contribution >= 4 is 58.1 Å². The van der Waals surface area contributed by atoms with Gasteiger partial charge in [-0.05, 0) is 42.3 Å². The molecule has 1 spiro atoms. The van der Waals surface area contributed by atoms with Crippen LogP contribution in [-0.4, -0.2) is 17.0 Å². The van der Waals surface area contributed by atoms with Crippen molar-refractivity contribution in [3.05, 3.63) is 111 Å². The van der Waals surface area contributed by atoms with Crippen LogP contribution in [0.25, 0.3) is 0 Å². The molecule has 0 radical (unpaired) electrons. The number of hydrogen-bond acceptors (Lipinski definition) is 6. The Hall–Kier alpha value is -3.47. The summed E-state index contributed by atoms with van der Waals surface area (Å²) in [5, 5.41) is 9.51. The van der Waals surface area contributed by atoms with Gasteiger partial charge in [-0.2, -0.15) is 0 Å². The van der Waals surface area contributed by atoms with Crippen molar-refractivity contribution < 1.29 is 32.0 Å². The van der Waals surface area contributed by atoms with Gasteiger partial charge in [0, 0.05) is 35.2 Å². The summed E-state index contributed by atoms with van der Waals surface area (Å²) >= 11 is 15.0. The van der Waals surface area contributed by atoms with Crippen LogP contribution < -0.4 is 12.5 Å². The van der Waals surface area contributed by atoms with Crippen LogP contribution in [0.1, 0.15) is 39.0 Å². The van der Waals surface area contributed by atoms with Gasteiger partial charge < -0.3 is 22.4 Å². The van der Waals surface area contributed by atoms with Gasteiger partial charge in [0.15, 0.2) is 34.4 Å². The molecule has 10 heteroatoms. The van der Waals surface area contributed by atoms with E-state index in [-0.39, 0.29) is 11.4 Å². The second-order valence-electron chi connectivity index (χ2n) is 8.99. The third kappa shape index (κ3) is 4.36. The van der Waals surface area contributed by atoms with Crippen molar-refractivity contribution in [1.29, 1.82) is 0 Å². The number of aryl methyl sites for hydroxylation is 1. The summed E-state index contributed by atoms with van der Waals surface area (Å²) in [6.45, 7) is 0. The Morgan fingerprint density at radius 2 is 1.54 bits per heavy atom. The number of carbonyl (C=O) groups excluding carboxylic acids is 1. The number of fused-ring (bicyclic) bond motifs is 6. The fourth-order valence-electron chi connectivity index (χ4n) is 4.91. The molecule has 0 aliphatic carbocycles. The predicted octanol–water partition coefficient (Wildman–Crippen LogP) is 8.10. The molecule has 196 valence electrons. The highest BCUT2D eigenvalue weighted by Gasteiger charge is 2.54. The number of halogens is 3. The summed E-state index contributed by atoms with van der Waals surface area (Å²) in [6, 6.07) is 20.9. The molecule has 6 rings (SSSR count). The molecule has 0 saturated heterocycles. The van der Waals surface area contributed by atoms with Crippen LogP contribution in [0.2, 0.25) is 10.0 Å². The average molecular weight is 675 g/mol. The first-order chi connectivity index (χ1) is 18.8. The first-order valence-electron chi connectivity index (χ1n) is 11.8. The first kappa shape index (κ1) is 25.8. The molecule has 1 unspecified atom stereocenters. The van der Waals surface area contributed by atoms with E-state index in [0.717, 1.165) is 5.56 Å². The third-order valence-corrected chi connectivity index (χ3v) is 7.75. The van der Waals surface area contributed by atoms with E-state index < -0.39 is 17.5 Å². The highest BCUT2D eigenvalue weighted by molar-refractivity contribution is 14.1. The molecule has 2 heterocycles. The van der Waals surface area contributed by atoms with Crippen molar-refractivity contribution in [1.82, 2.24) is 0 Å². The van der Waals surface area contributed by atoms with Gasteiger partial charge in [-0.3, -0.25) is 4.79 Å². The number of carboxylic acid groups (broad SMARTS) is 1. The smallest absolute Gasteiger partial charge is 0.340 e. The van der Waals surface area contributed by atoms with Crippen molar-refractivity contribution in [3.8, 4) is 28.7 Å². The SMILES string of the molecule is O=C(O)CCc1ccc(Oc2cc3c(cc2Cl)C2(OC(=O)c4ccccc42)c2cc(Cl)c(OI)cc2O3)cc1. The molecule has 0 aromatic heterocycles. The number of esters is 1. The Morgan fingerprint density at radius 3 is 2.21 bits per heavy atom. The van der Waals surface area contributed by atoms with Gasteiger partial charge in [0.2, 0.25) is 0 Å². The van der Waals surface area contributed by atoms with Gasteiger partial charge in [0.1, 0.15) is 23.0 Å². The molecule has 0 amide bonds. The van der Waals surface area contributed by atoms with E-state index in [2.05, 4.69) is 0 Å². The first-order valence-corrected chi connectivity index (χ1v) is 13.4. The van der Waals surface area contributed by atoms with Crippen molar-refractivity contribution in [3.63, 3.8) is 0 Å². The molecule has 0 saturated carbocycles. The average Bonchev–Trinajstić information content (AvgIpc) is 3.22. The summed E-state index contributed by atoms with van der Waals surface area (Å²) in [4.78, 5) is 23.9. The molecule has 4 aromatic rings. The van der Waals surface area contributed by atoms with E-state index in [4.69, 9.17) is 45.6 Å².